The zero-order chi connectivity index (χ0) is 40.1. The van der Waals surface area contributed by atoms with Crippen LogP contribution in [-0.2, 0) is 28.2 Å². The lowest BCUT2D eigenvalue weighted by Crippen LogP contribution is -2.46. The minimum Gasteiger partial charge on any atom is -0.493 e. The number of halogens is 2. The van der Waals surface area contributed by atoms with Gasteiger partial charge in [-0.1, -0.05) is 43.3 Å². The highest BCUT2D eigenvalue weighted by atomic mass is 19.1. The number of anilines is 2. The lowest BCUT2D eigenvalue weighted by Gasteiger charge is -2.37. The number of hydrogen-bond donors (Lipinski definition) is 0. The first-order valence-corrected chi connectivity index (χ1v) is 19.9. The van der Waals surface area contributed by atoms with E-state index in [9.17, 15) is 9.18 Å². The Hall–Kier alpha value is -5.86. The van der Waals surface area contributed by atoms with Crippen LogP contribution in [0.5, 0.6) is 5.75 Å². The van der Waals surface area contributed by atoms with Crippen molar-refractivity contribution in [3.63, 3.8) is 0 Å². The number of benzene rings is 4. The molecule has 4 aromatic carbocycles. The zero-order valence-corrected chi connectivity index (χ0v) is 32.7. The average Bonchev–Trinajstić information content (AvgIpc) is 4.02. The maximum Gasteiger partial charge on any atom is 0.350 e. The normalized spacial score (nSPS) is 19.3. The van der Waals surface area contributed by atoms with E-state index in [1.54, 1.807) is 26.6 Å². The smallest absolute Gasteiger partial charge is 0.350 e. The topological polar surface area (TPSA) is 105 Å². The van der Waals surface area contributed by atoms with Gasteiger partial charge in [-0.15, -0.1) is 0 Å². The minimum atomic E-state index is -1.02. The SMILES string of the molecule is CC[C@@H]([C@@H](C)OCc1ccccc1)n1ncn(-c2ccc(N3CCN(c4ccc(OC[C@@H]5CO[C@@](Cn6cncn6)(c6ccc(F)cc6F)C5)cc4)CC3)cc2)c1=O. The first-order valence-electron chi connectivity index (χ1n) is 19.9. The van der Waals surface area contributed by atoms with Crippen molar-refractivity contribution in [3.8, 4) is 11.4 Å². The highest BCUT2D eigenvalue weighted by Crippen LogP contribution is 2.42. The van der Waals surface area contributed by atoms with E-state index < -0.39 is 17.2 Å². The van der Waals surface area contributed by atoms with Crippen LogP contribution in [0.1, 0.15) is 43.9 Å². The molecule has 12 nitrogen and oxygen atoms in total. The molecule has 0 radical (unpaired) electrons. The van der Waals surface area contributed by atoms with Crippen LogP contribution in [-0.4, -0.2) is 74.6 Å². The van der Waals surface area contributed by atoms with E-state index in [1.807, 2.05) is 68.4 Å². The van der Waals surface area contributed by atoms with Crippen molar-refractivity contribution in [2.45, 2.75) is 57.6 Å². The lowest BCUT2D eigenvalue weighted by molar-refractivity contribution is -0.0206. The molecule has 0 saturated carbocycles. The maximum absolute atomic E-state index is 15.0. The average molecular weight is 791 g/mol. The molecular formula is C44H48F2N8O4. The van der Waals surface area contributed by atoms with Gasteiger partial charge in [-0.05, 0) is 79.9 Å². The third kappa shape index (κ3) is 8.53. The molecule has 0 unspecified atom stereocenters. The number of aromatic nitrogens is 6. The summed E-state index contributed by atoms with van der Waals surface area (Å²) in [6.07, 6.45) is 5.57. The highest BCUT2D eigenvalue weighted by molar-refractivity contribution is 5.54. The summed E-state index contributed by atoms with van der Waals surface area (Å²) in [5.74, 6) is -0.555. The van der Waals surface area contributed by atoms with Gasteiger partial charge in [-0.3, -0.25) is 0 Å². The van der Waals surface area contributed by atoms with Crippen LogP contribution >= 0.6 is 0 Å². The summed E-state index contributed by atoms with van der Waals surface area (Å²) in [5.41, 5.74) is 3.16. The van der Waals surface area contributed by atoms with Gasteiger partial charge in [0.25, 0.3) is 0 Å². The summed E-state index contributed by atoms with van der Waals surface area (Å²) in [7, 11) is 0. The van der Waals surface area contributed by atoms with E-state index in [4.69, 9.17) is 14.2 Å². The summed E-state index contributed by atoms with van der Waals surface area (Å²) < 4.78 is 52.1. The van der Waals surface area contributed by atoms with E-state index in [1.165, 1.54) is 18.5 Å². The van der Waals surface area contributed by atoms with Crippen molar-refractivity contribution < 1.29 is 23.0 Å². The Bertz CT molecular complexity index is 2300. The van der Waals surface area contributed by atoms with Crippen LogP contribution in [0.3, 0.4) is 0 Å². The first-order chi connectivity index (χ1) is 28.3. The molecular weight excluding hydrogens is 743 g/mol. The Kier molecular flexibility index (Phi) is 11.6. The Balaban J connectivity index is 0.828. The second kappa shape index (κ2) is 17.3. The number of piperazine rings is 1. The van der Waals surface area contributed by atoms with E-state index >= 15 is 4.39 Å². The molecule has 2 aliphatic heterocycles. The van der Waals surface area contributed by atoms with Crippen molar-refractivity contribution in [1.82, 2.24) is 29.1 Å². The quantitative estimate of drug-likeness (QED) is 0.111. The van der Waals surface area contributed by atoms with Crippen molar-refractivity contribution in [3.05, 3.63) is 149 Å². The fraction of sp³-hybridized carbons (Fsp3) is 0.364. The van der Waals surface area contributed by atoms with E-state index in [0.717, 1.165) is 60.6 Å². The molecule has 4 heterocycles. The number of ether oxygens (including phenoxy) is 3. The number of rotatable bonds is 15. The van der Waals surface area contributed by atoms with Gasteiger partial charge in [0, 0.05) is 55.1 Å². The van der Waals surface area contributed by atoms with Crippen LogP contribution in [0.15, 0.2) is 121 Å². The monoisotopic (exact) mass is 790 g/mol. The molecule has 14 heteroatoms. The number of nitrogens with zero attached hydrogens (tertiary/aromatic N) is 8. The molecule has 0 N–H and O–H groups in total. The summed E-state index contributed by atoms with van der Waals surface area (Å²) >= 11 is 0. The molecule has 0 bridgehead atoms. The van der Waals surface area contributed by atoms with E-state index in [2.05, 4.69) is 49.2 Å². The van der Waals surface area contributed by atoms with Crippen LogP contribution < -0.4 is 20.2 Å². The minimum absolute atomic E-state index is 0.0128. The summed E-state index contributed by atoms with van der Waals surface area (Å²) in [5, 5.41) is 8.68. The summed E-state index contributed by atoms with van der Waals surface area (Å²) in [6, 6.07) is 29.6. The standard InChI is InChI=1S/C44H48F2N8O4/c1-3-42(32(2)56-25-33-7-5-4-6-8-33)54-43(55)53(31-49-54)38-12-10-36(11-13-38)50-19-21-51(22-20-50)37-14-16-39(17-15-37)57-26-34-24-44(58-27-34,28-52-30-47-29-48-52)40-18-9-35(45)23-41(40)46/h4-18,23,29-32,34,42H,3,19-22,24-28H2,1-2H3/t32-,34-,42+,44+/m1/s1. The van der Waals surface area contributed by atoms with Gasteiger partial charge in [-0.2, -0.15) is 10.2 Å². The molecule has 2 fully saturated rings. The lowest BCUT2D eigenvalue weighted by atomic mass is 9.87. The third-order valence-electron chi connectivity index (χ3n) is 11.3. The Labute approximate surface area is 336 Å². The Morgan fingerprint density at radius 3 is 2.21 bits per heavy atom. The van der Waals surface area contributed by atoms with Gasteiger partial charge in [0.1, 0.15) is 42.0 Å². The van der Waals surface area contributed by atoms with E-state index in [0.29, 0.717) is 38.2 Å². The molecule has 0 spiro atoms. The Morgan fingerprint density at radius 1 is 0.862 bits per heavy atom. The molecule has 58 heavy (non-hydrogen) atoms. The van der Waals surface area contributed by atoms with Crippen LogP contribution in [0.25, 0.3) is 5.69 Å². The van der Waals surface area contributed by atoms with Gasteiger partial charge in [0.2, 0.25) is 0 Å². The predicted molar refractivity (Wildman–Crippen MR) is 216 cm³/mol. The largest absolute Gasteiger partial charge is 0.493 e. The molecule has 6 aromatic rings. The van der Waals surface area contributed by atoms with Crippen molar-refractivity contribution >= 4 is 11.4 Å². The summed E-state index contributed by atoms with van der Waals surface area (Å²) in [6.45, 7) is 8.91. The van der Waals surface area contributed by atoms with Gasteiger partial charge in [0.05, 0.1) is 44.2 Å². The van der Waals surface area contributed by atoms with Crippen LogP contribution in [0, 0.1) is 17.6 Å². The van der Waals surface area contributed by atoms with E-state index in [-0.39, 0.29) is 30.3 Å². The first kappa shape index (κ1) is 39.0. The second-order valence-electron chi connectivity index (χ2n) is 15.1. The predicted octanol–water partition coefficient (Wildman–Crippen LogP) is 6.80. The van der Waals surface area contributed by atoms with Gasteiger partial charge < -0.3 is 24.0 Å². The molecule has 2 aromatic heterocycles. The number of hydrogen-bond acceptors (Lipinski definition) is 9. The Morgan fingerprint density at radius 2 is 1.55 bits per heavy atom. The van der Waals surface area contributed by atoms with Crippen LogP contribution in [0.2, 0.25) is 0 Å². The highest BCUT2D eigenvalue weighted by Gasteiger charge is 2.44. The van der Waals surface area contributed by atoms with Gasteiger partial charge in [0.15, 0.2) is 0 Å². The molecule has 302 valence electrons. The van der Waals surface area contributed by atoms with Gasteiger partial charge >= 0.3 is 5.69 Å². The molecule has 8 rings (SSSR count). The van der Waals surface area contributed by atoms with Gasteiger partial charge in [-0.25, -0.2) is 32.5 Å². The molecule has 2 saturated heterocycles. The summed E-state index contributed by atoms with van der Waals surface area (Å²) in [4.78, 5) is 22.2. The molecule has 2 aliphatic rings. The molecule has 0 aliphatic carbocycles. The fourth-order valence-corrected chi connectivity index (χ4v) is 8.14. The molecule has 0 amide bonds. The van der Waals surface area contributed by atoms with Crippen molar-refractivity contribution in [2.75, 3.05) is 49.2 Å². The second-order valence-corrected chi connectivity index (χ2v) is 15.1. The fourth-order valence-electron chi connectivity index (χ4n) is 8.14. The van der Waals surface area contributed by atoms with Crippen LogP contribution in [0.4, 0.5) is 20.2 Å². The van der Waals surface area contributed by atoms with Crippen molar-refractivity contribution in [2.24, 2.45) is 5.92 Å². The van der Waals surface area contributed by atoms with Crippen molar-refractivity contribution in [1.29, 1.82) is 0 Å². The third-order valence-corrected chi connectivity index (χ3v) is 11.3. The zero-order valence-electron chi connectivity index (χ0n) is 32.7. The molecule has 4 atom stereocenters. The maximum atomic E-state index is 15.0.